The fourth-order valence-corrected chi connectivity index (χ4v) is 1.38. The van der Waals surface area contributed by atoms with E-state index < -0.39 is 0 Å². The topological polar surface area (TPSA) is 26.3 Å². The molecule has 0 aromatic heterocycles. The van der Waals surface area contributed by atoms with Crippen molar-refractivity contribution in [2.75, 3.05) is 0 Å². The molecule has 2 atom stereocenters. The molecule has 64 valence electrons. The zero-order valence-electron chi connectivity index (χ0n) is 7.46. The minimum absolute atomic E-state index is 0.106. The van der Waals surface area contributed by atoms with Crippen molar-refractivity contribution in [3.63, 3.8) is 0 Å². The summed E-state index contributed by atoms with van der Waals surface area (Å²) in [4.78, 5) is 11.4. The van der Waals surface area contributed by atoms with Crippen LogP contribution in [0.4, 0.5) is 0 Å². The normalized spacial score (nSPS) is 31.3. The van der Waals surface area contributed by atoms with Crippen LogP contribution in [0, 0.1) is 5.92 Å². The molecule has 0 bridgehead atoms. The highest BCUT2D eigenvalue weighted by atomic mass is 16.5. The van der Waals surface area contributed by atoms with E-state index in [2.05, 4.69) is 0 Å². The molecule has 0 aromatic carbocycles. The van der Waals surface area contributed by atoms with Gasteiger partial charge in [0.25, 0.3) is 0 Å². The third kappa shape index (κ3) is 2.03. The van der Waals surface area contributed by atoms with E-state index in [1.54, 1.807) is 0 Å². The second-order valence-electron chi connectivity index (χ2n) is 3.57. The van der Waals surface area contributed by atoms with Gasteiger partial charge in [-0.3, -0.25) is 4.79 Å². The molecule has 0 radical (unpaired) electrons. The molecule has 1 fully saturated rings. The molecule has 1 aliphatic rings. The van der Waals surface area contributed by atoms with E-state index in [0.717, 1.165) is 12.8 Å². The van der Waals surface area contributed by atoms with E-state index >= 15 is 0 Å². The van der Waals surface area contributed by atoms with Gasteiger partial charge in [0.1, 0.15) is 6.10 Å². The Morgan fingerprint density at radius 2 is 2.09 bits per heavy atom. The quantitative estimate of drug-likeness (QED) is 0.609. The number of ether oxygens (including phenoxy) is 1. The number of hydrogen-bond acceptors (Lipinski definition) is 2. The number of Topliss-reactive ketones (excluding diaryl/α,β-unsaturated/α-hetero) is 1. The predicted molar refractivity (Wildman–Crippen MR) is 43.4 cm³/mol. The van der Waals surface area contributed by atoms with Gasteiger partial charge >= 0.3 is 0 Å². The summed E-state index contributed by atoms with van der Waals surface area (Å²) in [5.41, 5.74) is 0. The SMILES string of the molecule is CC1CCC(C(=O)C(C)C)O1. The van der Waals surface area contributed by atoms with Crippen LogP contribution < -0.4 is 0 Å². The predicted octanol–water partition coefficient (Wildman–Crippen LogP) is 1.78. The molecule has 0 amide bonds. The molecule has 2 unspecified atom stereocenters. The molecule has 1 aliphatic heterocycles. The summed E-state index contributed by atoms with van der Waals surface area (Å²) in [5.74, 6) is 0.375. The minimum Gasteiger partial charge on any atom is -0.367 e. The Morgan fingerprint density at radius 3 is 2.45 bits per heavy atom. The average Bonchev–Trinajstić information content (AvgIpc) is 2.34. The van der Waals surface area contributed by atoms with Crippen LogP contribution in [0.25, 0.3) is 0 Å². The first kappa shape index (κ1) is 8.72. The second-order valence-corrected chi connectivity index (χ2v) is 3.57. The van der Waals surface area contributed by atoms with Gasteiger partial charge in [0.15, 0.2) is 5.78 Å². The van der Waals surface area contributed by atoms with E-state index in [9.17, 15) is 4.79 Å². The van der Waals surface area contributed by atoms with Crippen LogP contribution in [0.1, 0.15) is 33.6 Å². The molecule has 0 aromatic rings. The van der Waals surface area contributed by atoms with E-state index in [-0.39, 0.29) is 23.9 Å². The molecule has 2 heteroatoms. The summed E-state index contributed by atoms with van der Waals surface area (Å²) < 4.78 is 5.43. The Hall–Kier alpha value is -0.370. The van der Waals surface area contributed by atoms with Gasteiger partial charge in [-0.1, -0.05) is 13.8 Å². The molecule has 11 heavy (non-hydrogen) atoms. The number of carbonyl (C=O) groups is 1. The number of hydrogen-bond donors (Lipinski definition) is 0. The van der Waals surface area contributed by atoms with Gasteiger partial charge in [0.05, 0.1) is 6.10 Å². The van der Waals surface area contributed by atoms with Crippen molar-refractivity contribution in [3.05, 3.63) is 0 Å². The van der Waals surface area contributed by atoms with Crippen molar-refractivity contribution >= 4 is 5.78 Å². The standard InChI is InChI=1S/C9H16O2/c1-6(2)9(10)8-5-4-7(3)11-8/h6-8H,4-5H2,1-3H3. The lowest BCUT2D eigenvalue weighted by atomic mass is 10.0. The van der Waals surface area contributed by atoms with Crippen LogP contribution in [0.15, 0.2) is 0 Å². The van der Waals surface area contributed by atoms with E-state index in [1.165, 1.54) is 0 Å². The summed E-state index contributed by atoms with van der Waals surface area (Å²) in [6, 6.07) is 0. The Bertz CT molecular complexity index is 152. The number of ketones is 1. The average molecular weight is 156 g/mol. The Kier molecular flexibility index (Phi) is 2.66. The summed E-state index contributed by atoms with van der Waals surface area (Å²) >= 11 is 0. The Morgan fingerprint density at radius 1 is 1.45 bits per heavy atom. The third-order valence-corrected chi connectivity index (χ3v) is 2.12. The van der Waals surface area contributed by atoms with Crippen LogP contribution in [-0.4, -0.2) is 18.0 Å². The van der Waals surface area contributed by atoms with Gasteiger partial charge in [0.2, 0.25) is 0 Å². The molecule has 1 saturated heterocycles. The van der Waals surface area contributed by atoms with Gasteiger partial charge in [-0.25, -0.2) is 0 Å². The lowest BCUT2D eigenvalue weighted by Gasteiger charge is -2.11. The molecule has 1 rings (SSSR count). The van der Waals surface area contributed by atoms with Crippen molar-refractivity contribution in [3.8, 4) is 0 Å². The first-order valence-electron chi connectivity index (χ1n) is 4.30. The maximum Gasteiger partial charge on any atom is 0.164 e. The molecule has 0 saturated carbocycles. The lowest BCUT2D eigenvalue weighted by molar-refractivity contribution is -0.132. The van der Waals surface area contributed by atoms with Gasteiger partial charge in [0, 0.05) is 5.92 Å². The zero-order valence-corrected chi connectivity index (χ0v) is 7.46. The Labute approximate surface area is 67.9 Å². The van der Waals surface area contributed by atoms with Crippen LogP contribution in [0.5, 0.6) is 0 Å². The molecular formula is C9H16O2. The van der Waals surface area contributed by atoms with Crippen molar-refractivity contribution in [2.24, 2.45) is 5.92 Å². The largest absolute Gasteiger partial charge is 0.367 e. The highest BCUT2D eigenvalue weighted by Gasteiger charge is 2.29. The monoisotopic (exact) mass is 156 g/mol. The van der Waals surface area contributed by atoms with Crippen LogP contribution >= 0.6 is 0 Å². The van der Waals surface area contributed by atoms with Crippen molar-refractivity contribution in [2.45, 2.75) is 45.8 Å². The summed E-state index contributed by atoms with van der Waals surface area (Å²) in [5, 5.41) is 0. The van der Waals surface area contributed by atoms with E-state index in [0.29, 0.717) is 0 Å². The zero-order chi connectivity index (χ0) is 8.43. The fraction of sp³-hybridized carbons (Fsp3) is 0.889. The lowest BCUT2D eigenvalue weighted by Crippen LogP contribution is -2.24. The van der Waals surface area contributed by atoms with Crippen LogP contribution in [0.2, 0.25) is 0 Å². The number of carbonyl (C=O) groups excluding carboxylic acids is 1. The fourth-order valence-electron chi connectivity index (χ4n) is 1.38. The molecule has 2 nitrogen and oxygen atoms in total. The first-order chi connectivity index (χ1) is 5.11. The van der Waals surface area contributed by atoms with E-state index in [1.807, 2.05) is 20.8 Å². The van der Waals surface area contributed by atoms with Gasteiger partial charge in [-0.2, -0.15) is 0 Å². The summed E-state index contributed by atoms with van der Waals surface area (Å²) in [6.07, 6.45) is 2.12. The molecule has 0 aliphatic carbocycles. The minimum atomic E-state index is -0.106. The molecular weight excluding hydrogens is 140 g/mol. The van der Waals surface area contributed by atoms with Gasteiger partial charge in [-0.15, -0.1) is 0 Å². The first-order valence-corrected chi connectivity index (χ1v) is 4.30. The second kappa shape index (κ2) is 3.35. The molecule has 1 heterocycles. The van der Waals surface area contributed by atoms with Crippen molar-refractivity contribution in [1.82, 2.24) is 0 Å². The molecule has 0 spiro atoms. The molecule has 0 N–H and O–H groups in total. The maximum absolute atomic E-state index is 11.4. The van der Waals surface area contributed by atoms with Crippen molar-refractivity contribution in [1.29, 1.82) is 0 Å². The smallest absolute Gasteiger partial charge is 0.164 e. The van der Waals surface area contributed by atoms with Crippen molar-refractivity contribution < 1.29 is 9.53 Å². The number of rotatable bonds is 2. The third-order valence-electron chi connectivity index (χ3n) is 2.12. The maximum atomic E-state index is 11.4. The highest BCUT2D eigenvalue weighted by molar-refractivity contribution is 5.85. The van der Waals surface area contributed by atoms with Crippen LogP contribution in [0.3, 0.4) is 0 Å². The van der Waals surface area contributed by atoms with Gasteiger partial charge in [-0.05, 0) is 19.8 Å². The van der Waals surface area contributed by atoms with E-state index in [4.69, 9.17) is 4.74 Å². The summed E-state index contributed by atoms with van der Waals surface area (Å²) in [6.45, 7) is 5.87. The van der Waals surface area contributed by atoms with Gasteiger partial charge < -0.3 is 4.74 Å². The Balaban J connectivity index is 2.43. The highest BCUT2D eigenvalue weighted by Crippen LogP contribution is 2.21. The summed E-state index contributed by atoms with van der Waals surface area (Å²) in [7, 11) is 0. The van der Waals surface area contributed by atoms with Crippen LogP contribution in [-0.2, 0) is 9.53 Å².